The van der Waals surface area contributed by atoms with E-state index in [1.54, 1.807) is 0 Å². The zero-order chi connectivity index (χ0) is 13.7. The van der Waals surface area contributed by atoms with E-state index < -0.39 is 0 Å². The molecule has 2 N–H and O–H groups in total. The molecule has 0 saturated heterocycles. The number of aromatic nitrogens is 1. The molecule has 1 aromatic carbocycles. The largest absolute Gasteiger partial charge is 0.359 e. The van der Waals surface area contributed by atoms with Crippen LogP contribution in [0, 0.1) is 0 Å². The third kappa shape index (κ3) is 3.80. The third-order valence-corrected chi connectivity index (χ3v) is 3.27. The number of likely N-dealkylation sites (N-methyl/N-ethyl adjacent to an activating group) is 1. The third-order valence-electron chi connectivity index (χ3n) is 3.27. The first-order valence-electron chi connectivity index (χ1n) is 6.63. The lowest BCUT2D eigenvalue weighted by Gasteiger charge is -2.18. The van der Waals surface area contributed by atoms with Gasteiger partial charge in [0.05, 0.1) is 0 Å². The van der Waals surface area contributed by atoms with E-state index in [1.807, 2.05) is 31.3 Å². The minimum absolute atomic E-state index is 0.0381. The Morgan fingerprint density at radius 3 is 2.47 bits per heavy atom. The zero-order valence-corrected chi connectivity index (χ0v) is 11.6. The van der Waals surface area contributed by atoms with Crippen molar-refractivity contribution in [2.24, 2.45) is 5.73 Å². The van der Waals surface area contributed by atoms with Crippen molar-refractivity contribution in [1.82, 2.24) is 4.98 Å². The second-order valence-corrected chi connectivity index (χ2v) is 4.90. The van der Waals surface area contributed by atoms with Crippen LogP contribution in [0.25, 0.3) is 0 Å². The number of pyridine rings is 1. The summed E-state index contributed by atoms with van der Waals surface area (Å²) in [6, 6.07) is 14.6. The number of benzene rings is 1. The lowest BCUT2D eigenvalue weighted by atomic mass is 10.1. The molecule has 3 heteroatoms. The molecule has 1 aromatic heterocycles. The van der Waals surface area contributed by atoms with Crippen molar-refractivity contribution >= 4 is 5.82 Å². The average molecular weight is 255 g/mol. The van der Waals surface area contributed by atoms with Gasteiger partial charge in [0.1, 0.15) is 5.82 Å². The van der Waals surface area contributed by atoms with Gasteiger partial charge in [-0.25, -0.2) is 4.98 Å². The van der Waals surface area contributed by atoms with Crippen molar-refractivity contribution in [1.29, 1.82) is 0 Å². The molecule has 0 aliphatic heterocycles. The van der Waals surface area contributed by atoms with Crippen molar-refractivity contribution in [3.05, 3.63) is 59.8 Å². The van der Waals surface area contributed by atoms with Crippen molar-refractivity contribution < 1.29 is 0 Å². The van der Waals surface area contributed by atoms with Crippen molar-refractivity contribution in [2.45, 2.75) is 19.4 Å². The summed E-state index contributed by atoms with van der Waals surface area (Å²) in [5.74, 6) is 0.986. The van der Waals surface area contributed by atoms with E-state index in [0.717, 1.165) is 24.3 Å². The fraction of sp³-hybridized carbons (Fsp3) is 0.312. The van der Waals surface area contributed by atoms with Gasteiger partial charge in [-0.1, -0.05) is 36.4 Å². The number of hydrogen-bond acceptors (Lipinski definition) is 3. The van der Waals surface area contributed by atoms with Gasteiger partial charge >= 0.3 is 0 Å². The Morgan fingerprint density at radius 1 is 1.16 bits per heavy atom. The van der Waals surface area contributed by atoms with E-state index in [2.05, 4.69) is 41.2 Å². The Balaban J connectivity index is 1.94. The fourth-order valence-corrected chi connectivity index (χ4v) is 1.95. The van der Waals surface area contributed by atoms with E-state index in [4.69, 9.17) is 5.73 Å². The molecule has 0 bridgehead atoms. The van der Waals surface area contributed by atoms with Crippen LogP contribution in [0.1, 0.15) is 24.1 Å². The maximum Gasteiger partial charge on any atom is 0.128 e. The fourth-order valence-electron chi connectivity index (χ4n) is 1.95. The standard InChI is InChI=1S/C16H21N3/c1-13(17)15-8-9-16(18-12-15)19(2)11-10-14-6-4-3-5-7-14/h3-9,12-13H,10-11,17H2,1-2H3. The highest BCUT2D eigenvalue weighted by Crippen LogP contribution is 2.14. The Kier molecular flexibility index (Phi) is 4.53. The molecule has 0 aliphatic carbocycles. The number of nitrogens with zero attached hydrogens (tertiary/aromatic N) is 2. The number of hydrogen-bond donors (Lipinski definition) is 1. The van der Waals surface area contributed by atoms with Crippen LogP contribution < -0.4 is 10.6 Å². The predicted octanol–water partition coefficient (Wildman–Crippen LogP) is 2.78. The molecule has 0 fully saturated rings. The first-order chi connectivity index (χ1) is 9.16. The summed E-state index contributed by atoms with van der Waals surface area (Å²) in [5, 5.41) is 0. The normalized spacial score (nSPS) is 12.2. The summed E-state index contributed by atoms with van der Waals surface area (Å²) < 4.78 is 0. The molecule has 2 aromatic rings. The van der Waals surface area contributed by atoms with Gasteiger partial charge < -0.3 is 10.6 Å². The molecular weight excluding hydrogens is 234 g/mol. The van der Waals surface area contributed by atoms with Gasteiger partial charge in [-0.05, 0) is 30.5 Å². The topological polar surface area (TPSA) is 42.1 Å². The molecule has 1 heterocycles. The van der Waals surface area contributed by atoms with Crippen LogP contribution in [0.3, 0.4) is 0 Å². The minimum Gasteiger partial charge on any atom is -0.359 e. The van der Waals surface area contributed by atoms with Gasteiger partial charge in [0.15, 0.2) is 0 Å². The lowest BCUT2D eigenvalue weighted by Crippen LogP contribution is -2.21. The quantitative estimate of drug-likeness (QED) is 0.893. The molecule has 0 radical (unpaired) electrons. The molecule has 19 heavy (non-hydrogen) atoms. The highest BCUT2D eigenvalue weighted by Gasteiger charge is 2.04. The molecule has 0 aliphatic rings. The first-order valence-corrected chi connectivity index (χ1v) is 6.63. The van der Waals surface area contributed by atoms with Crippen molar-refractivity contribution in [3.63, 3.8) is 0 Å². The van der Waals surface area contributed by atoms with E-state index in [-0.39, 0.29) is 6.04 Å². The predicted molar refractivity (Wildman–Crippen MR) is 80.3 cm³/mol. The molecular formula is C16H21N3. The van der Waals surface area contributed by atoms with Gasteiger partial charge in [0.2, 0.25) is 0 Å². The summed E-state index contributed by atoms with van der Waals surface area (Å²) in [6.45, 7) is 2.92. The lowest BCUT2D eigenvalue weighted by molar-refractivity contribution is 0.805. The molecule has 1 unspecified atom stereocenters. The number of nitrogens with two attached hydrogens (primary N) is 1. The molecule has 1 atom stereocenters. The summed E-state index contributed by atoms with van der Waals surface area (Å²) >= 11 is 0. The van der Waals surface area contributed by atoms with Crippen LogP contribution in [0.2, 0.25) is 0 Å². The first kappa shape index (κ1) is 13.6. The van der Waals surface area contributed by atoms with Gasteiger partial charge in [0.25, 0.3) is 0 Å². The summed E-state index contributed by atoms with van der Waals surface area (Å²) in [6.07, 6.45) is 2.88. The van der Waals surface area contributed by atoms with E-state index >= 15 is 0 Å². The second kappa shape index (κ2) is 6.34. The highest BCUT2D eigenvalue weighted by atomic mass is 15.2. The van der Waals surface area contributed by atoms with E-state index in [1.165, 1.54) is 5.56 Å². The summed E-state index contributed by atoms with van der Waals surface area (Å²) in [4.78, 5) is 6.62. The Morgan fingerprint density at radius 2 is 1.89 bits per heavy atom. The zero-order valence-electron chi connectivity index (χ0n) is 11.6. The molecule has 0 amide bonds. The molecule has 0 spiro atoms. The van der Waals surface area contributed by atoms with E-state index in [9.17, 15) is 0 Å². The average Bonchev–Trinajstić information content (AvgIpc) is 2.46. The van der Waals surface area contributed by atoms with Gasteiger partial charge in [0, 0.05) is 25.8 Å². The molecule has 2 rings (SSSR count). The Bertz CT molecular complexity index is 491. The minimum atomic E-state index is 0.0381. The summed E-state index contributed by atoms with van der Waals surface area (Å²) in [7, 11) is 2.07. The number of rotatable bonds is 5. The monoisotopic (exact) mass is 255 g/mol. The van der Waals surface area contributed by atoms with Crippen LogP contribution in [-0.4, -0.2) is 18.6 Å². The second-order valence-electron chi connectivity index (χ2n) is 4.90. The van der Waals surface area contributed by atoms with Crippen LogP contribution >= 0.6 is 0 Å². The van der Waals surface area contributed by atoms with Crippen LogP contribution in [-0.2, 0) is 6.42 Å². The maximum atomic E-state index is 5.82. The molecule has 0 saturated carbocycles. The van der Waals surface area contributed by atoms with Gasteiger partial charge in [-0.2, -0.15) is 0 Å². The number of anilines is 1. The maximum absolute atomic E-state index is 5.82. The highest BCUT2D eigenvalue weighted by molar-refractivity contribution is 5.39. The smallest absolute Gasteiger partial charge is 0.128 e. The van der Waals surface area contributed by atoms with Crippen LogP contribution in [0.15, 0.2) is 48.7 Å². The van der Waals surface area contributed by atoms with E-state index in [0.29, 0.717) is 0 Å². The van der Waals surface area contributed by atoms with Gasteiger partial charge in [-0.15, -0.1) is 0 Å². The molecule has 100 valence electrons. The Labute approximate surface area is 115 Å². The Hall–Kier alpha value is -1.87. The van der Waals surface area contributed by atoms with Crippen LogP contribution in [0.5, 0.6) is 0 Å². The summed E-state index contributed by atoms with van der Waals surface area (Å²) in [5.41, 5.74) is 8.24. The molecule has 3 nitrogen and oxygen atoms in total. The SMILES string of the molecule is CC(N)c1ccc(N(C)CCc2ccccc2)nc1. The van der Waals surface area contributed by atoms with Crippen molar-refractivity contribution in [3.8, 4) is 0 Å². The van der Waals surface area contributed by atoms with Gasteiger partial charge in [-0.3, -0.25) is 0 Å². The van der Waals surface area contributed by atoms with Crippen molar-refractivity contribution in [2.75, 3.05) is 18.5 Å². The van der Waals surface area contributed by atoms with Crippen LogP contribution in [0.4, 0.5) is 5.82 Å².